The van der Waals surface area contributed by atoms with E-state index >= 15 is 0 Å². The van der Waals surface area contributed by atoms with E-state index in [1.54, 1.807) is 0 Å². The zero-order valence-electron chi connectivity index (χ0n) is 10.9. The molecule has 0 amide bonds. The fourth-order valence-corrected chi connectivity index (χ4v) is 1.57. The zero-order valence-corrected chi connectivity index (χ0v) is 10.9. The average molecular weight is 225 g/mol. The number of rotatable bonds is 4. The summed E-state index contributed by atoms with van der Waals surface area (Å²) in [5, 5.41) is 4.02. The average Bonchev–Trinajstić information content (AvgIpc) is 2.61. The molecule has 0 saturated heterocycles. The first-order chi connectivity index (χ1) is 7.34. The molecule has 16 heavy (non-hydrogen) atoms. The van der Waals surface area contributed by atoms with Gasteiger partial charge >= 0.3 is 0 Å². The molecule has 2 N–H and O–H groups in total. The molecular weight excluding hydrogens is 202 g/mol. The van der Waals surface area contributed by atoms with Crippen LogP contribution in [0.25, 0.3) is 0 Å². The second kappa shape index (κ2) is 4.95. The Balaban J connectivity index is 2.83. The van der Waals surface area contributed by atoms with Crippen molar-refractivity contribution in [2.45, 2.75) is 52.4 Å². The monoisotopic (exact) mass is 225 g/mol. The van der Waals surface area contributed by atoms with Crippen molar-refractivity contribution in [1.29, 1.82) is 0 Å². The van der Waals surface area contributed by atoms with Gasteiger partial charge in [0, 0.05) is 12.0 Å². The lowest BCUT2D eigenvalue weighted by Crippen LogP contribution is -2.16. The topological polar surface area (TPSA) is 64.9 Å². The molecular formula is C12H23N3O. The van der Waals surface area contributed by atoms with E-state index in [1.807, 2.05) is 0 Å². The van der Waals surface area contributed by atoms with Gasteiger partial charge in [-0.15, -0.1) is 0 Å². The number of aromatic nitrogens is 2. The van der Waals surface area contributed by atoms with Crippen LogP contribution in [0.1, 0.15) is 58.7 Å². The van der Waals surface area contributed by atoms with E-state index in [2.05, 4.69) is 44.8 Å². The van der Waals surface area contributed by atoms with Crippen molar-refractivity contribution in [2.24, 2.45) is 11.7 Å². The van der Waals surface area contributed by atoms with Crippen molar-refractivity contribution in [3.05, 3.63) is 11.7 Å². The van der Waals surface area contributed by atoms with Crippen molar-refractivity contribution < 1.29 is 4.52 Å². The molecule has 0 radical (unpaired) electrons. The predicted octanol–water partition coefficient (Wildman–Crippen LogP) is 2.46. The first-order valence-corrected chi connectivity index (χ1v) is 5.88. The fourth-order valence-electron chi connectivity index (χ4n) is 1.57. The molecule has 0 aliphatic heterocycles. The van der Waals surface area contributed by atoms with E-state index in [1.165, 1.54) is 0 Å². The lowest BCUT2D eigenvalue weighted by atomic mass is 9.95. The Morgan fingerprint density at radius 2 is 1.94 bits per heavy atom. The number of nitrogens with two attached hydrogens (primary N) is 1. The molecule has 1 heterocycles. The van der Waals surface area contributed by atoms with E-state index in [-0.39, 0.29) is 11.3 Å². The highest BCUT2D eigenvalue weighted by atomic mass is 16.5. The number of nitrogens with zero attached hydrogens (tertiary/aromatic N) is 2. The predicted molar refractivity (Wildman–Crippen MR) is 64.2 cm³/mol. The van der Waals surface area contributed by atoms with E-state index in [0.29, 0.717) is 18.4 Å². The highest BCUT2D eigenvalue weighted by Crippen LogP contribution is 2.24. The maximum Gasteiger partial charge on any atom is 0.231 e. The van der Waals surface area contributed by atoms with Crippen LogP contribution in [0.3, 0.4) is 0 Å². The van der Waals surface area contributed by atoms with Crippen LogP contribution in [-0.2, 0) is 5.41 Å². The fraction of sp³-hybridized carbons (Fsp3) is 0.833. The molecule has 4 nitrogen and oxygen atoms in total. The zero-order chi connectivity index (χ0) is 12.3. The quantitative estimate of drug-likeness (QED) is 0.854. The van der Waals surface area contributed by atoms with E-state index in [9.17, 15) is 0 Å². The molecule has 0 spiro atoms. The van der Waals surface area contributed by atoms with Gasteiger partial charge in [0.15, 0.2) is 5.82 Å². The standard InChI is InChI=1S/C12H23N3O/c1-8(2)6-9(7-13)10-14-11(15-16-10)12(3,4)5/h8-9H,6-7,13H2,1-5H3. The number of hydrogen-bond acceptors (Lipinski definition) is 4. The number of hydrogen-bond donors (Lipinski definition) is 1. The molecule has 1 rings (SSSR count). The summed E-state index contributed by atoms with van der Waals surface area (Å²) in [5.41, 5.74) is 5.67. The molecule has 0 saturated carbocycles. The second-order valence-electron chi connectivity index (χ2n) is 5.77. The van der Waals surface area contributed by atoms with Crippen molar-refractivity contribution in [3.63, 3.8) is 0 Å². The first kappa shape index (κ1) is 13.2. The van der Waals surface area contributed by atoms with Crippen molar-refractivity contribution >= 4 is 0 Å². The summed E-state index contributed by atoms with van der Waals surface area (Å²) in [4.78, 5) is 4.45. The summed E-state index contributed by atoms with van der Waals surface area (Å²) in [6, 6.07) is 0. The van der Waals surface area contributed by atoms with E-state index in [4.69, 9.17) is 10.3 Å². The molecule has 0 bridgehead atoms. The van der Waals surface area contributed by atoms with E-state index in [0.717, 1.165) is 12.2 Å². The van der Waals surface area contributed by atoms with Crippen LogP contribution >= 0.6 is 0 Å². The van der Waals surface area contributed by atoms with Gasteiger partial charge in [0.2, 0.25) is 5.89 Å². The normalized spacial score (nSPS) is 14.4. The van der Waals surface area contributed by atoms with Gasteiger partial charge in [-0.3, -0.25) is 0 Å². The summed E-state index contributed by atoms with van der Waals surface area (Å²) >= 11 is 0. The molecule has 0 aliphatic rings. The summed E-state index contributed by atoms with van der Waals surface area (Å²) in [7, 11) is 0. The lowest BCUT2D eigenvalue weighted by Gasteiger charge is -2.13. The van der Waals surface area contributed by atoms with Crippen LogP contribution < -0.4 is 5.73 Å². The van der Waals surface area contributed by atoms with Crippen LogP contribution in [-0.4, -0.2) is 16.7 Å². The van der Waals surface area contributed by atoms with Gasteiger partial charge in [0.05, 0.1) is 5.92 Å². The largest absolute Gasteiger partial charge is 0.339 e. The highest BCUT2D eigenvalue weighted by Gasteiger charge is 2.24. The van der Waals surface area contributed by atoms with Crippen LogP contribution in [0.4, 0.5) is 0 Å². The van der Waals surface area contributed by atoms with Gasteiger partial charge in [0.25, 0.3) is 0 Å². The molecule has 92 valence electrons. The molecule has 1 aromatic heterocycles. The lowest BCUT2D eigenvalue weighted by molar-refractivity contribution is 0.327. The Kier molecular flexibility index (Phi) is 4.08. The third kappa shape index (κ3) is 3.30. The SMILES string of the molecule is CC(C)CC(CN)c1nc(C(C)(C)C)no1. The molecule has 1 unspecified atom stereocenters. The molecule has 0 aromatic carbocycles. The third-order valence-corrected chi connectivity index (χ3v) is 2.50. The maximum atomic E-state index is 5.74. The van der Waals surface area contributed by atoms with Crippen molar-refractivity contribution in [1.82, 2.24) is 10.1 Å². The second-order valence-corrected chi connectivity index (χ2v) is 5.77. The van der Waals surface area contributed by atoms with E-state index < -0.39 is 0 Å². The maximum absolute atomic E-state index is 5.74. The van der Waals surface area contributed by atoms with Crippen LogP contribution in [0.2, 0.25) is 0 Å². The smallest absolute Gasteiger partial charge is 0.231 e. The third-order valence-electron chi connectivity index (χ3n) is 2.50. The molecule has 1 aromatic rings. The Labute approximate surface area is 97.6 Å². The van der Waals surface area contributed by atoms with Crippen molar-refractivity contribution in [2.75, 3.05) is 6.54 Å². The van der Waals surface area contributed by atoms with Gasteiger partial charge in [-0.1, -0.05) is 39.8 Å². The van der Waals surface area contributed by atoms with Crippen LogP contribution in [0.5, 0.6) is 0 Å². The minimum atomic E-state index is -0.0707. The molecule has 0 aliphatic carbocycles. The van der Waals surface area contributed by atoms with Gasteiger partial charge in [-0.25, -0.2) is 0 Å². The highest BCUT2D eigenvalue weighted by molar-refractivity contribution is 5.03. The minimum absolute atomic E-state index is 0.0707. The first-order valence-electron chi connectivity index (χ1n) is 5.88. The van der Waals surface area contributed by atoms with Crippen LogP contribution in [0, 0.1) is 5.92 Å². The van der Waals surface area contributed by atoms with Gasteiger partial charge in [-0.05, 0) is 12.3 Å². The van der Waals surface area contributed by atoms with Crippen LogP contribution in [0.15, 0.2) is 4.52 Å². The Hall–Kier alpha value is -0.900. The summed E-state index contributed by atoms with van der Waals surface area (Å²) < 4.78 is 5.30. The molecule has 0 fully saturated rings. The summed E-state index contributed by atoms with van der Waals surface area (Å²) in [6.07, 6.45) is 0.988. The van der Waals surface area contributed by atoms with Gasteiger partial charge < -0.3 is 10.3 Å². The van der Waals surface area contributed by atoms with Crippen molar-refractivity contribution in [3.8, 4) is 0 Å². The summed E-state index contributed by atoms with van der Waals surface area (Å²) in [6.45, 7) is 11.1. The minimum Gasteiger partial charge on any atom is -0.339 e. The Morgan fingerprint density at radius 1 is 1.31 bits per heavy atom. The molecule has 1 atom stereocenters. The summed E-state index contributed by atoms with van der Waals surface area (Å²) in [5.74, 6) is 2.20. The van der Waals surface area contributed by atoms with Gasteiger partial charge in [-0.2, -0.15) is 4.98 Å². The van der Waals surface area contributed by atoms with Gasteiger partial charge in [0.1, 0.15) is 0 Å². The Bertz CT molecular complexity index is 325. The Morgan fingerprint density at radius 3 is 2.31 bits per heavy atom. The molecule has 4 heteroatoms.